The Morgan fingerprint density at radius 2 is 2.06 bits per heavy atom. The van der Waals surface area contributed by atoms with E-state index in [4.69, 9.17) is 9.26 Å². The second-order valence-corrected chi connectivity index (χ2v) is 9.70. The molecule has 2 fully saturated rings. The molecule has 3 heterocycles. The highest BCUT2D eigenvalue weighted by Crippen LogP contribution is 2.17. The monoisotopic (exact) mass is 483 g/mol. The fraction of sp³-hybridized carbons (Fsp3) is 0.577. The lowest BCUT2D eigenvalue weighted by Crippen LogP contribution is -2.50. The molecule has 9 nitrogen and oxygen atoms in total. The van der Waals surface area contributed by atoms with Gasteiger partial charge in [0.05, 0.1) is 12.1 Å². The summed E-state index contributed by atoms with van der Waals surface area (Å²) in [6.07, 6.45) is 1.90. The Bertz CT molecular complexity index is 995. The van der Waals surface area contributed by atoms with E-state index in [-0.39, 0.29) is 17.9 Å². The minimum Gasteiger partial charge on any atom is -0.492 e. The summed E-state index contributed by atoms with van der Waals surface area (Å²) in [4.78, 5) is 30.6. The molecule has 2 amide bonds. The lowest BCUT2D eigenvalue weighted by atomic mass is 10.1. The average Bonchev–Trinajstić information content (AvgIpc) is 3.39. The highest BCUT2D eigenvalue weighted by molar-refractivity contribution is 5.79. The molecule has 2 aliphatic heterocycles. The fourth-order valence-corrected chi connectivity index (χ4v) is 4.83. The molecule has 4 rings (SSSR count). The normalized spacial score (nSPS) is 18.8. The van der Waals surface area contributed by atoms with Crippen LogP contribution >= 0.6 is 0 Å². The van der Waals surface area contributed by atoms with Gasteiger partial charge in [-0.1, -0.05) is 17.3 Å². The van der Waals surface area contributed by atoms with Crippen molar-refractivity contribution in [2.24, 2.45) is 0 Å². The van der Waals surface area contributed by atoms with E-state index in [1.54, 1.807) is 0 Å². The van der Waals surface area contributed by atoms with Crippen LogP contribution < -0.4 is 10.1 Å². The standard InChI is InChI=1S/C26H37N5O4/c1-19-24(20(2)35-28-19)16-26(33)31-11-9-30(10-12-31)13-14-34-23-6-4-5-21(15-23)17-29(3)18-22-7-8-25(32)27-22/h4-6,15,22H,7-14,16-18H2,1-3H3,(H,27,32). The van der Waals surface area contributed by atoms with E-state index >= 15 is 0 Å². The number of rotatable bonds is 10. The molecule has 1 N–H and O–H groups in total. The third-order valence-electron chi connectivity index (χ3n) is 6.88. The fourth-order valence-electron chi connectivity index (χ4n) is 4.83. The molecule has 2 saturated heterocycles. The molecule has 0 saturated carbocycles. The van der Waals surface area contributed by atoms with Crippen molar-refractivity contribution < 1.29 is 18.8 Å². The number of carbonyl (C=O) groups is 2. The molecule has 35 heavy (non-hydrogen) atoms. The van der Waals surface area contributed by atoms with Gasteiger partial charge in [0.25, 0.3) is 0 Å². The van der Waals surface area contributed by atoms with Gasteiger partial charge >= 0.3 is 0 Å². The SMILES string of the molecule is Cc1noc(C)c1CC(=O)N1CCN(CCOc2cccc(CN(C)CC3CCC(=O)N3)c2)CC1. The summed E-state index contributed by atoms with van der Waals surface area (Å²) in [6, 6.07) is 8.47. The van der Waals surface area contributed by atoms with Crippen LogP contribution in [0.3, 0.4) is 0 Å². The van der Waals surface area contributed by atoms with Crippen LogP contribution in [0.25, 0.3) is 0 Å². The Labute approximate surface area is 207 Å². The molecule has 190 valence electrons. The Morgan fingerprint density at radius 3 is 2.74 bits per heavy atom. The van der Waals surface area contributed by atoms with Crippen molar-refractivity contribution in [3.63, 3.8) is 0 Å². The molecule has 2 aromatic rings. The third-order valence-corrected chi connectivity index (χ3v) is 6.88. The zero-order chi connectivity index (χ0) is 24.8. The highest BCUT2D eigenvalue weighted by Gasteiger charge is 2.24. The van der Waals surface area contributed by atoms with E-state index in [0.717, 1.165) is 75.0 Å². The van der Waals surface area contributed by atoms with Crippen LogP contribution in [0.2, 0.25) is 0 Å². The number of amides is 2. The number of nitrogens with one attached hydrogen (secondary N) is 1. The van der Waals surface area contributed by atoms with Gasteiger partial charge in [-0.3, -0.25) is 14.5 Å². The maximum atomic E-state index is 12.7. The van der Waals surface area contributed by atoms with Crippen molar-refractivity contribution in [1.82, 2.24) is 25.2 Å². The number of ether oxygens (including phenoxy) is 1. The molecule has 9 heteroatoms. The van der Waals surface area contributed by atoms with Crippen molar-refractivity contribution in [1.29, 1.82) is 0 Å². The Kier molecular flexibility index (Phi) is 8.41. The van der Waals surface area contributed by atoms with Crippen LogP contribution in [0, 0.1) is 13.8 Å². The van der Waals surface area contributed by atoms with Gasteiger partial charge in [0, 0.05) is 63.8 Å². The molecule has 1 aromatic heterocycles. The van der Waals surface area contributed by atoms with Gasteiger partial charge in [0.2, 0.25) is 11.8 Å². The van der Waals surface area contributed by atoms with Crippen molar-refractivity contribution in [2.75, 3.05) is 52.9 Å². The van der Waals surface area contributed by atoms with Gasteiger partial charge in [-0.2, -0.15) is 0 Å². The number of aryl methyl sites for hydroxylation is 2. The van der Waals surface area contributed by atoms with E-state index in [0.29, 0.717) is 19.4 Å². The van der Waals surface area contributed by atoms with E-state index in [2.05, 4.69) is 39.5 Å². The molecule has 0 spiro atoms. The number of carbonyl (C=O) groups excluding carboxylic acids is 2. The molecule has 0 radical (unpaired) electrons. The van der Waals surface area contributed by atoms with Crippen LogP contribution in [0.4, 0.5) is 0 Å². The Hall–Kier alpha value is -2.91. The summed E-state index contributed by atoms with van der Waals surface area (Å²) in [6.45, 7) is 9.98. The summed E-state index contributed by atoms with van der Waals surface area (Å²) in [7, 11) is 2.08. The number of benzene rings is 1. The second kappa shape index (κ2) is 11.7. The quantitative estimate of drug-likeness (QED) is 0.551. The number of piperazine rings is 1. The molecule has 0 bridgehead atoms. The van der Waals surface area contributed by atoms with Crippen LogP contribution in [-0.4, -0.2) is 90.6 Å². The van der Waals surface area contributed by atoms with Gasteiger partial charge in [-0.15, -0.1) is 0 Å². The minimum atomic E-state index is 0.132. The van der Waals surface area contributed by atoms with Crippen LogP contribution in [0.1, 0.15) is 35.4 Å². The lowest BCUT2D eigenvalue weighted by molar-refractivity contribution is -0.132. The Morgan fingerprint density at radius 1 is 1.26 bits per heavy atom. The molecule has 2 aliphatic rings. The zero-order valence-electron chi connectivity index (χ0n) is 21.1. The number of hydrogen-bond acceptors (Lipinski definition) is 7. The van der Waals surface area contributed by atoms with Gasteiger partial charge < -0.3 is 24.4 Å². The first-order valence-electron chi connectivity index (χ1n) is 12.5. The summed E-state index contributed by atoms with van der Waals surface area (Å²) in [5, 5.41) is 6.97. The molecular weight excluding hydrogens is 446 g/mol. The molecule has 1 unspecified atom stereocenters. The topological polar surface area (TPSA) is 91.2 Å². The molecule has 0 aliphatic carbocycles. The average molecular weight is 484 g/mol. The van der Waals surface area contributed by atoms with Crippen LogP contribution in [0.5, 0.6) is 5.75 Å². The van der Waals surface area contributed by atoms with Crippen LogP contribution in [-0.2, 0) is 22.6 Å². The van der Waals surface area contributed by atoms with E-state index in [1.807, 2.05) is 30.9 Å². The van der Waals surface area contributed by atoms with Crippen molar-refractivity contribution in [2.45, 2.75) is 45.7 Å². The van der Waals surface area contributed by atoms with Crippen molar-refractivity contribution >= 4 is 11.8 Å². The van der Waals surface area contributed by atoms with Gasteiger partial charge in [-0.25, -0.2) is 0 Å². The predicted octanol–water partition coefficient (Wildman–Crippen LogP) is 1.77. The number of hydrogen-bond donors (Lipinski definition) is 1. The molecule has 1 aromatic carbocycles. The van der Waals surface area contributed by atoms with Gasteiger partial charge in [0.15, 0.2) is 0 Å². The maximum Gasteiger partial charge on any atom is 0.227 e. The zero-order valence-corrected chi connectivity index (χ0v) is 21.1. The highest BCUT2D eigenvalue weighted by atomic mass is 16.5. The van der Waals surface area contributed by atoms with Crippen molar-refractivity contribution in [3.05, 3.63) is 46.8 Å². The minimum absolute atomic E-state index is 0.132. The summed E-state index contributed by atoms with van der Waals surface area (Å²) in [5.41, 5.74) is 2.90. The Balaban J connectivity index is 1.15. The summed E-state index contributed by atoms with van der Waals surface area (Å²) in [5.74, 6) is 1.89. The maximum absolute atomic E-state index is 12.7. The first kappa shape index (κ1) is 25.2. The summed E-state index contributed by atoms with van der Waals surface area (Å²) < 4.78 is 11.2. The smallest absolute Gasteiger partial charge is 0.227 e. The largest absolute Gasteiger partial charge is 0.492 e. The number of likely N-dealkylation sites (N-methyl/N-ethyl adjacent to an activating group) is 1. The first-order valence-corrected chi connectivity index (χ1v) is 12.5. The second-order valence-electron chi connectivity index (χ2n) is 9.70. The molecular formula is C26H37N5O4. The summed E-state index contributed by atoms with van der Waals surface area (Å²) >= 11 is 0. The van der Waals surface area contributed by atoms with Gasteiger partial charge in [0.1, 0.15) is 18.1 Å². The number of nitrogens with zero attached hydrogens (tertiary/aromatic N) is 4. The van der Waals surface area contributed by atoms with E-state index in [9.17, 15) is 9.59 Å². The van der Waals surface area contributed by atoms with Crippen LogP contribution in [0.15, 0.2) is 28.8 Å². The molecule has 1 atom stereocenters. The first-order chi connectivity index (χ1) is 16.9. The lowest BCUT2D eigenvalue weighted by Gasteiger charge is -2.34. The predicted molar refractivity (Wildman–Crippen MR) is 132 cm³/mol. The number of aromatic nitrogens is 1. The van der Waals surface area contributed by atoms with E-state index < -0.39 is 0 Å². The van der Waals surface area contributed by atoms with Gasteiger partial charge in [-0.05, 0) is 45.0 Å². The van der Waals surface area contributed by atoms with Crippen molar-refractivity contribution in [3.8, 4) is 5.75 Å². The van der Waals surface area contributed by atoms with E-state index in [1.165, 1.54) is 5.56 Å². The third kappa shape index (κ3) is 7.05.